The molecule has 2 aliphatic heterocycles. The summed E-state index contributed by atoms with van der Waals surface area (Å²) < 4.78 is 5.82. The number of aliphatic hydroxyl groups is 1. The highest BCUT2D eigenvalue weighted by Gasteiger charge is 2.35. The second-order valence-electron chi connectivity index (χ2n) is 5.01. The van der Waals surface area contributed by atoms with Gasteiger partial charge in [-0.1, -0.05) is 6.07 Å². The first-order valence-corrected chi connectivity index (χ1v) is 7.27. The summed E-state index contributed by atoms with van der Waals surface area (Å²) in [7, 11) is 0. The average molecular weight is 253 g/mol. The Kier molecular flexibility index (Phi) is 3.47. The van der Waals surface area contributed by atoms with Gasteiger partial charge in [-0.15, -0.1) is 11.3 Å². The van der Waals surface area contributed by atoms with Crippen LogP contribution in [0.2, 0.25) is 0 Å². The maximum absolute atomic E-state index is 10.2. The minimum Gasteiger partial charge on any atom is -0.390 e. The molecule has 1 aromatic rings. The van der Waals surface area contributed by atoms with Gasteiger partial charge in [0.2, 0.25) is 0 Å². The van der Waals surface area contributed by atoms with Gasteiger partial charge in [0.15, 0.2) is 0 Å². The molecule has 0 aromatic carbocycles. The summed E-state index contributed by atoms with van der Waals surface area (Å²) in [5.41, 5.74) is 0. The van der Waals surface area contributed by atoms with Crippen molar-refractivity contribution in [1.29, 1.82) is 0 Å². The highest BCUT2D eigenvalue weighted by Crippen LogP contribution is 2.25. The number of fused-ring (bicyclic) bond motifs is 1. The van der Waals surface area contributed by atoms with E-state index in [2.05, 4.69) is 16.3 Å². The quantitative estimate of drug-likeness (QED) is 0.886. The summed E-state index contributed by atoms with van der Waals surface area (Å²) >= 11 is 1.71. The Bertz CT molecular complexity index is 354. The van der Waals surface area contributed by atoms with Crippen LogP contribution in [0.15, 0.2) is 17.5 Å². The lowest BCUT2D eigenvalue weighted by Crippen LogP contribution is -2.50. The van der Waals surface area contributed by atoms with Crippen LogP contribution in [0, 0.1) is 0 Å². The Hall–Kier alpha value is -0.420. The van der Waals surface area contributed by atoms with Crippen LogP contribution < -0.4 is 0 Å². The molecule has 2 aliphatic rings. The van der Waals surface area contributed by atoms with Crippen LogP contribution in [0.5, 0.6) is 0 Å². The first-order chi connectivity index (χ1) is 8.33. The van der Waals surface area contributed by atoms with Gasteiger partial charge in [0.1, 0.15) is 0 Å². The second kappa shape index (κ2) is 5.06. The molecule has 2 saturated heterocycles. The van der Waals surface area contributed by atoms with E-state index in [0.717, 1.165) is 19.6 Å². The molecule has 0 bridgehead atoms. The van der Waals surface area contributed by atoms with Gasteiger partial charge in [-0.2, -0.15) is 0 Å². The van der Waals surface area contributed by atoms with Crippen molar-refractivity contribution in [3.63, 3.8) is 0 Å². The fraction of sp³-hybridized carbons (Fsp3) is 0.692. The fourth-order valence-electron chi connectivity index (χ4n) is 2.84. The number of hydrogen-bond acceptors (Lipinski definition) is 4. The Labute approximate surface area is 106 Å². The number of nitrogens with zero attached hydrogens (tertiary/aromatic N) is 1. The minimum atomic E-state index is -0.366. The highest BCUT2D eigenvalue weighted by molar-refractivity contribution is 7.09. The van der Waals surface area contributed by atoms with E-state index in [0.29, 0.717) is 6.04 Å². The molecule has 1 aromatic heterocycles. The van der Waals surface area contributed by atoms with E-state index >= 15 is 0 Å². The third-order valence-corrected chi connectivity index (χ3v) is 4.73. The van der Waals surface area contributed by atoms with E-state index in [9.17, 15) is 5.11 Å². The zero-order valence-electron chi connectivity index (χ0n) is 9.92. The van der Waals surface area contributed by atoms with Crippen LogP contribution in [-0.2, 0) is 11.2 Å². The van der Waals surface area contributed by atoms with E-state index in [1.165, 1.54) is 24.3 Å². The van der Waals surface area contributed by atoms with Crippen molar-refractivity contribution < 1.29 is 9.84 Å². The highest BCUT2D eigenvalue weighted by atomic mass is 32.1. The first kappa shape index (κ1) is 11.7. The van der Waals surface area contributed by atoms with Gasteiger partial charge in [-0.05, 0) is 30.8 Å². The van der Waals surface area contributed by atoms with Crippen molar-refractivity contribution in [3.8, 4) is 0 Å². The maximum Gasteiger partial charge on any atom is 0.0964 e. The number of morpholine rings is 1. The second-order valence-corrected chi connectivity index (χ2v) is 6.05. The van der Waals surface area contributed by atoms with Crippen LogP contribution in [0.3, 0.4) is 0 Å². The summed E-state index contributed by atoms with van der Waals surface area (Å²) in [6.45, 7) is 2.87. The lowest BCUT2D eigenvalue weighted by atomic mass is 10.1. The molecule has 0 spiro atoms. The van der Waals surface area contributed by atoms with E-state index in [1.54, 1.807) is 11.3 Å². The van der Waals surface area contributed by atoms with Crippen molar-refractivity contribution in [1.82, 2.24) is 4.90 Å². The number of rotatable bonds is 3. The molecule has 0 amide bonds. The predicted molar refractivity (Wildman–Crippen MR) is 68.4 cm³/mol. The van der Waals surface area contributed by atoms with Crippen molar-refractivity contribution in [2.45, 2.75) is 37.5 Å². The van der Waals surface area contributed by atoms with Crippen molar-refractivity contribution in [3.05, 3.63) is 22.4 Å². The summed E-state index contributed by atoms with van der Waals surface area (Å²) in [6, 6.07) is 4.72. The van der Waals surface area contributed by atoms with Gasteiger partial charge in [0.05, 0.1) is 18.8 Å². The van der Waals surface area contributed by atoms with Crippen LogP contribution >= 0.6 is 11.3 Å². The molecule has 94 valence electrons. The molecule has 3 nitrogen and oxygen atoms in total. The van der Waals surface area contributed by atoms with Crippen molar-refractivity contribution in [2.24, 2.45) is 0 Å². The standard InChI is InChI=1S/C13H19NO2S/c15-12(7-11-4-2-6-17-11)13-8-14-5-1-3-10(14)9-16-13/h2,4,6,10,12-13,15H,1,3,5,7-9H2. The molecule has 2 fully saturated rings. The summed E-state index contributed by atoms with van der Waals surface area (Å²) in [6.07, 6.45) is 2.89. The lowest BCUT2D eigenvalue weighted by Gasteiger charge is -2.37. The number of aliphatic hydroxyl groups excluding tert-OH is 1. The number of thiophene rings is 1. The van der Waals surface area contributed by atoms with E-state index < -0.39 is 0 Å². The molecule has 0 radical (unpaired) electrons. The van der Waals surface area contributed by atoms with Gasteiger partial charge in [0, 0.05) is 23.9 Å². The van der Waals surface area contributed by atoms with Crippen molar-refractivity contribution >= 4 is 11.3 Å². The maximum atomic E-state index is 10.2. The van der Waals surface area contributed by atoms with Gasteiger partial charge >= 0.3 is 0 Å². The molecule has 3 rings (SSSR count). The average Bonchev–Trinajstić information content (AvgIpc) is 2.97. The van der Waals surface area contributed by atoms with Gasteiger partial charge < -0.3 is 9.84 Å². The molecule has 3 atom stereocenters. The molecule has 0 aliphatic carbocycles. The first-order valence-electron chi connectivity index (χ1n) is 6.39. The van der Waals surface area contributed by atoms with Crippen LogP contribution in [0.25, 0.3) is 0 Å². The smallest absolute Gasteiger partial charge is 0.0964 e. The van der Waals surface area contributed by atoms with Crippen LogP contribution in [0.1, 0.15) is 17.7 Å². The topological polar surface area (TPSA) is 32.7 Å². The van der Waals surface area contributed by atoms with E-state index in [-0.39, 0.29) is 12.2 Å². The van der Waals surface area contributed by atoms with Crippen LogP contribution in [-0.4, -0.2) is 48.0 Å². The largest absolute Gasteiger partial charge is 0.390 e. The molecule has 17 heavy (non-hydrogen) atoms. The van der Waals surface area contributed by atoms with E-state index in [1.807, 2.05) is 6.07 Å². The number of ether oxygens (including phenoxy) is 1. The van der Waals surface area contributed by atoms with Crippen molar-refractivity contribution in [2.75, 3.05) is 19.7 Å². The molecule has 0 saturated carbocycles. The predicted octanol–water partition coefficient (Wildman–Crippen LogP) is 1.51. The molecule has 1 N–H and O–H groups in total. The Morgan fingerprint density at radius 3 is 3.35 bits per heavy atom. The Morgan fingerprint density at radius 2 is 2.53 bits per heavy atom. The molecule has 4 heteroatoms. The SMILES string of the molecule is OC(Cc1cccs1)C1CN2CCCC2CO1. The minimum absolute atomic E-state index is 0.00792. The summed E-state index contributed by atoms with van der Waals surface area (Å²) in [5.74, 6) is 0. The Balaban J connectivity index is 1.57. The summed E-state index contributed by atoms with van der Waals surface area (Å²) in [4.78, 5) is 3.72. The van der Waals surface area contributed by atoms with E-state index in [4.69, 9.17) is 4.74 Å². The van der Waals surface area contributed by atoms with Gasteiger partial charge in [-0.25, -0.2) is 0 Å². The molecular weight excluding hydrogens is 234 g/mol. The normalized spacial score (nSPS) is 31.4. The van der Waals surface area contributed by atoms with Gasteiger partial charge in [0.25, 0.3) is 0 Å². The van der Waals surface area contributed by atoms with Crippen LogP contribution in [0.4, 0.5) is 0 Å². The fourth-order valence-corrected chi connectivity index (χ4v) is 3.60. The molecular formula is C13H19NO2S. The molecule has 3 heterocycles. The molecule has 3 unspecified atom stereocenters. The number of hydrogen-bond donors (Lipinski definition) is 1. The Morgan fingerprint density at radius 1 is 1.59 bits per heavy atom. The zero-order chi connectivity index (χ0) is 11.7. The lowest BCUT2D eigenvalue weighted by molar-refractivity contribution is -0.101. The zero-order valence-corrected chi connectivity index (χ0v) is 10.7. The van der Waals surface area contributed by atoms with Gasteiger partial charge in [-0.3, -0.25) is 4.90 Å². The third kappa shape index (κ3) is 2.55. The monoisotopic (exact) mass is 253 g/mol. The summed E-state index contributed by atoms with van der Waals surface area (Å²) in [5, 5.41) is 12.3. The third-order valence-electron chi connectivity index (χ3n) is 3.84.